The van der Waals surface area contributed by atoms with Crippen LogP contribution in [0.15, 0.2) is 29.4 Å². The summed E-state index contributed by atoms with van der Waals surface area (Å²) in [7, 11) is 0. The Balaban J connectivity index is 2.16. The third-order valence-electron chi connectivity index (χ3n) is 2.88. The normalized spacial score (nSPS) is 11.2. The Morgan fingerprint density at radius 3 is 2.63 bits per heavy atom. The lowest BCUT2D eigenvalue weighted by Crippen LogP contribution is -2.07. The number of hydrogen-bond donors (Lipinski definition) is 0. The predicted molar refractivity (Wildman–Crippen MR) is 75.7 cm³/mol. The van der Waals surface area contributed by atoms with E-state index in [4.69, 9.17) is 0 Å². The Hall–Kier alpha value is -1.36. The fraction of sp³-hybridized carbons (Fsp3) is 0.429. The van der Waals surface area contributed by atoms with Gasteiger partial charge in [0.25, 0.3) is 0 Å². The molecule has 1 aromatic heterocycles. The first kappa shape index (κ1) is 14.1. The first-order valence-electron chi connectivity index (χ1n) is 6.43. The molecule has 0 spiro atoms. The highest BCUT2D eigenvalue weighted by atomic mass is 32.2. The second kappa shape index (κ2) is 6.19. The second-order valence-electron chi connectivity index (χ2n) is 4.60. The Bertz CT molecular complexity index is 551. The summed E-state index contributed by atoms with van der Waals surface area (Å²) in [6, 6.07) is 7.16. The van der Waals surface area contributed by atoms with E-state index in [1.54, 1.807) is 12.1 Å². The first-order valence-corrected chi connectivity index (χ1v) is 7.42. The Morgan fingerprint density at radius 2 is 2.00 bits per heavy atom. The molecule has 5 heteroatoms. The number of aromatic nitrogens is 3. The molecule has 0 N–H and O–H groups in total. The molecule has 0 aliphatic carbocycles. The van der Waals surface area contributed by atoms with Gasteiger partial charge in [0, 0.05) is 18.2 Å². The average Bonchev–Trinajstić information content (AvgIpc) is 2.81. The van der Waals surface area contributed by atoms with Crippen LogP contribution < -0.4 is 0 Å². The van der Waals surface area contributed by atoms with Crippen LogP contribution in [-0.2, 0) is 12.2 Å². The largest absolute Gasteiger partial charge is 0.303 e. The predicted octanol–water partition coefficient (Wildman–Crippen LogP) is 3.85. The van der Waals surface area contributed by atoms with Gasteiger partial charge in [0.15, 0.2) is 5.16 Å². The zero-order chi connectivity index (χ0) is 13.8. The SMILES string of the molecule is CCc1nnc(SCc2ccccc2F)n1C(C)C. The summed E-state index contributed by atoms with van der Waals surface area (Å²) in [4.78, 5) is 0. The highest BCUT2D eigenvalue weighted by molar-refractivity contribution is 7.98. The standard InChI is InChI=1S/C14H18FN3S/c1-4-13-16-17-14(18(13)10(2)3)19-9-11-7-5-6-8-12(11)15/h5-8,10H,4,9H2,1-3H3. The van der Waals surface area contributed by atoms with E-state index < -0.39 is 0 Å². The third-order valence-corrected chi connectivity index (χ3v) is 3.87. The van der Waals surface area contributed by atoms with Crippen LogP contribution in [0.3, 0.4) is 0 Å². The molecule has 0 amide bonds. The summed E-state index contributed by atoms with van der Waals surface area (Å²) in [5.74, 6) is 1.38. The molecule has 0 radical (unpaired) electrons. The van der Waals surface area contributed by atoms with Crippen LogP contribution in [0.2, 0.25) is 0 Å². The number of benzene rings is 1. The van der Waals surface area contributed by atoms with E-state index in [1.165, 1.54) is 17.8 Å². The van der Waals surface area contributed by atoms with Crippen LogP contribution >= 0.6 is 11.8 Å². The fourth-order valence-electron chi connectivity index (χ4n) is 1.92. The lowest BCUT2D eigenvalue weighted by molar-refractivity contribution is 0.528. The second-order valence-corrected chi connectivity index (χ2v) is 5.54. The number of nitrogens with zero attached hydrogens (tertiary/aromatic N) is 3. The smallest absolute Gasteiger partial charge is 0.191 e. The van der Waals surface area contributed by atoms with E-state index in [1.807, 2.05) is 6.07 Å². The molecule has 0 saturated carbocycles. The minimum Gasteiger partial charge on any atom is -0.303 e. The van der Waals surface area contributed by atoms with Gasteiger partial charge in [-0.25, -0.2) is 4.39 Å². The van der Waals surface area contributed by atoms with Crippen molar-refractivity contribution in [2.45, 2.75) is 44.1 Å². The van der Waals surface area contributed by atoms with Crippen molar-refractivity contribution in [2.24, 2.45) is 0 Å². The number of aryl methyl sites for hydroxylation is 1. The Labute approximate surface area is 117 Å². The average molecular weight is 279 g/mol. The number of hydrogen-bond acceptors (Lipinski definition) is 3. The Kier molecular flexibility index (Phi) is 4.58. The summed E-state index contributed by atoms with van der Waals surface area (Å²) in [5, 5.41) is 9.25. The van der Waals surface area contributed by atoms with Gasteiger partial charge in [-0.15, -0.1) is 10.2 Å². The number of rotatable bonds is 5. The molecule has 0 atom stereocenters. The van der Waals surface area contributed by atoms with Crippen molar-refractivity contribution in [1.82, 2.24) is 14.8 Å². The molecule has 2 rings (SSSR count). The summed E-state index contributed by atoms with van der Waals surface area (Å²) >= 11 is 1.53. The molecule has 0 saturated heterocycles. The lowest BCUT2D eigenvalue weighted by Gasteiger charge is -2.12. The van der Waals surface area contributed by atoms with Gasteiger partial charge >= 0.3 is 0 Å². The quantitative estimate of drug-likeness (QED) is 0.779. The van der Waals surface area contributed by atoms with E-state index in [0.717, 1.165) is 17.4 Å². The molecular weight excluding hydrogens is 261 g/mol. The fourth-order valence-corrected chi connectivity index (χ4v) is 3.00. The molecule has 0 unspecified atom stereocenters. The van der Waals surface area contributed by atoms with E-state index in [9.17, 15) is 4.39 Å². The van der Waals surface area contributed by atoms with Crippen LogP contribution in [0, 0.1) is 5.82 Å². The summed E-state index contributed by atoms with van der Waals surface area (Å²) < 4.78 is 15.7. The van der Waals surface area contributed by atoms with Crippen molar-refractivity contribution in [3.63, 3.8) is 0 Å². The van der Waals surface area contributed by atoms with Crippen molar-refractivity contribution < 1.29 is 4.39 Å². The summed E-state index contributed by atoms with van der Waals surface area (Å²) in [6.45, 7) is 6.28. The maximum Gasteiger partial charge on any atom is 0.191 e. The van der Waals surface area contributed by atoms with Gasteiger partial charge in [0.05, 0.1) is 0 Å². The molecule has 1 aromatic carbocycles. The van der Waals surface area contributed by atoms with Gasteiger partial charge in [-0.05, 0) is 25.5 Å². The van der Waals surface area contributed by atoms with Gasteiger partial charge in [-0.3, -0.25) is 0 Å². The summed E-state index contributed by atoms with van der Waals surface area (Å²) in [5.41, 5.74) is 0.698. The minimum absolute atomic E-state index is 0.165. The van der Waals surface area contributed by atoms with E-state index in [2.05, 4.69) is 35.5 Å². The van der Waals surface area contributed by atoms with Gasteiger partial charge in [-0.1, -0.05) is 36.9 Å². The van der Waals surface area contributed by atoms with E-state index >= 15 is 0 Å². The van der Waals surface area contributed by atoms with Gasteiger partial charge < -0.3 is 4.57 Å². The van der Waals surface area contributed by atoms with Gasteiger partial charge in [-0.2, -0.15) is 0 Å². The highest BCUT2D eigenvalue weighted by Gasteiger charge is 2.14. The van der Waals surface area contributed by atoms with Crippen molar-refractivity contribution in [3.8, 4) is 0 Å². The van der Waals surface area contributed by atoms with Crippen molar-refractivity contribution >= 4 is 11.8 Å². The van der Waals surface area contributed by atoms with Crippen molar-refractivity contribution in [3.05, 3.63) is 41.5 Å². The van der Waals surface area contributed by atoms with Gasteiger partial charge in [0.2, 0.25) is 0 Å². The Morgan fingerprint density at radius 1 is 1.26 bits per heavy atom. The van der Waals surface area contributed by atoms with E-state index in [-0.39, 0.29) is 5.82 Å². The first-order chi connectivity index (χ1) is 9.13. The molecule has 3 nitrogen and oxygen atoms in total. The van der Waals surface area contributed by atoms with E-state index in [0.29, 0.717) is 17.4 Å². The molecule has 0 fully saturated rings. The third kappa shape index (κ3) is 3.15. The van der Waals surface area contributed by atoms with Crippen molar-refractivity contribution in [2.75, 3.05) is 0 Å². The molecule has 102 valence electrons. The zero-order valence-corrected chi connectivity index (χ0v) is 12.2. The molecule has 19 heavy (non-hydrogen) atoms. The van der Waals surface area contributed by atoms with Crippen LogP contribution in [-0.4, -0.2) is 14.8 Å². The van der Waals surface area contributed by atoms with Crippen LogP contribution in [0.4, 0.5) is 4.39 Å². The van der Waals surface area contributed by atoms with Crippen LogP contribution in [0.1, 0.15) is 38.2 Å². The topological polar surface area (TPSA) is 30.7 Å². The number of thioether (sulfide) groups is 1. The zero-order valence-electron chi connectivity index (χ0n) is 11.4. The molecular formula is C14H18FN3S. The molecule has 0 aliphatic heterocycles. The van der Waals surface area contributed by atoms with Crippen LogP contribution in [0.25, 0.3) is 0 Å². The minimum atomic E-state index is -0.165. The van der Waals surface area contributed by atoms with Gasteiger partial charge in [0.1, 0.15) is 11.6 Å². The molecule has 1 heterocycles. The lowest BCUT2D eigenvalue weighted by atomic mass is 10.2. The molecule has 0 bridgehead atoms. The highest BCUT2D eigenvalue weighted by Crippen LogP contribution is 2.25. The molecule has 0 aliphatic rings. The summed E-state index contributed by atoms with van der Waals surface area (Å²) in [6.07, 6.45) is 0.853. The maximum absolute atomic E-state index is 13.6. The maximum atomic E-state index is 13.6. The number of halogens is 1. The van der Waals surface area contributed by atoms with Crippen LogP contribution in [0.5, 0.6) is 0 Å². The van der Waals surface area contributed by atoms with Crippen molar-refractivity contribution in [1.29, 1.82) is 0 Å². The monoisotopic (exact) mass is 279 g/mol. The molecule has 2 aromatic rings.